The Kier molecular flexibility index (Phi) is 6.22. The van der Waals surface area contributed by atoms with Gasteiger partial charge in [-0.3, -0.25) is 13.8 Å². The number of rotatable bonds is 6. The van der Waals surface area contributed by atoms with Crippen LogP contribution in [-0.2, 0) is 18.0 Å². The summed E-state index contributed by atoms with van der Waals surface area (Å²) in [5, 5.41) is 10.9. The Morgan fingerprint density at radius 2 is 2.03 bits per heavy atom. The summed E-state index contributed by atoms with van der Waals surface area (Å²) in [7, 11) is 3.38. The van der Waals surface area contributed by atoms with Crippen LogP contribution in [0.4, 0.5) is 13.2 Å². The molecule has 1 aliphatic rings. The van der Waals surface area contributed by atoms with Crippen molar-refractivity contribution in [3.05, 3.63) is 88.1 Å². The van der Waals surface area contributed by atoms with Gasteiger partial charge in [0.25, 0.3) is 0 Å². The van der Waals surface area contributed by atoms with Crippen LogP contribution in [0.3, 0.4) is 0 Å². The molecule has 1 atom stereocenters. The molecule has 1 saturated carbocycles. The van der Waals surface area contributed by atoms with Gasteiger partial charge < -0.3 is 9.88 Å². The van der Waals surface area contributed by atoms with Gasteiger partial charge in [-0.15, -0.1) is 10.2 Å². The zero-order valence-corrected chi connectivity index (χ0v) is 20.2. The topological polar surface area (TPSA) is 86.2 Å². The molecule has 4 aromatic rings. The predicted molar refractivity (Wildman–Crippen MR) is 131 cm³/mol. The highest BCUT2D eigenvalue weighted by molar-refractivity contribution is 5.91. The van der Waals surface area contributed by atoms with Gasteiger partial charge >= 0.3 is 11.9 Å². The van der Waals surface area contributed by atoms with Crippen molar-refractivity contribution in [1.29, 1.82) is 0 Å². The number of aromatic nitrogens is 5. The summed E-state index contributed by atoms with van der Waals surface area (Å²) in [6.07, 6.45) is 5.59. The second kappa shape index (κ2) is 9.38. The Hall–Kier alpha value is -4.15. The highest BCUT2D eigenvalue weighted by Gasteiger charge is 2.35. The average molecular weight is 511 g/mol. The molecule has 1 amide bonds. The number of hydrogen-bond acceptors (Lipinski definition) is 4. The van der Waals surface area contributed by atoms with E-state index in [9.17, 15) is 22.8 Å². The van der Waals surface area contributed by atoms with Crippen LogP contribution in [0.5, 0.6) is 0 Å². The molecule has 3 aromatic heterocycles. The molecule has 11 heteroatoms. The summed E-state index contributed by atoms with van der Waals surface area (Å²) in [6, 6.07) is 7.56. The molecule has 0 aliphatic heterocycles. The zero-order valence-electron chi connectivity index (χ0n) is 20.2. The first-order chi connectivity index (χ1) is 17.7. The fraction of sp³-hybridized carbons (Fsp3) is 0.308. The highest BCUT2D eigenvalue weighted by atomic mass is 19.4. The molecular formula is C26H25F3N6O2. The van der Waals surface area contributed by atoms with Gasteiger partial charge in [-0.1, -0.05) is 12.5 Å². The minimum atomic E-state index is -4.62. The van der Waals surface area contributed by atoms with Gasteiger partial charge in [-0.2, -0.15) is 13.2 Å². The molecule has 5 rings (SSSR count). The quantitative estimate of drug-likeness (QED) is 0.399. The number of fused-ring (bicyclic) bond motifs is 1. The van der Waals surface area contributed by atoms with Crippen molar-refractivity contribution in [2.45, 2.75) is 31.4 Å². The number of benzene rings is 1. The van der Waals surface area contributed by atoms with Gasteiger partial charge in [0.15, 0.2) is 0 Å². The minimum absolute atomic E-state index is 0.133. The van der Waals surface area contributed by atoms with E-state index in [1.165, 1.54) is 36.2 Å². The number of halogens is 3. The molecular weight excluding hydrogens is 485 g/mol. The lowest BCUT2D eigenvalue weighted by atomic mass is 9.72. The van der Waals surface area contributed by atoms with Gasteiger partial charge in [0.1, 0.15) is 12.2 Å². The van der Waals surface area contributed by atoms with Crippen LogP contribution < -0.4 is 11.0 Å². The van der Waals surface area contributed by atoms with E-state index < -0.39 is 17.4 Å². The monoisotopic (exact) mass is 510 g/mol. The van der Waals surface area contributed by atoms with Crippen LogP contribution >= 0.6 is 0 Å². The lowest BCUT2D eigenvalue weighted by molar-refractivity contribution is -0.136. The number of nitrogens with zero attached hydrogens (tertiary/aromatic N) is 5. The number of carbonyl (C=O) groups is 1. The third-order valence-electron chi connectivity index (χ3n) is 6.92. The summed E-state index contributed by atoms with van der Waals surface area (Å²) in [5.41, 5.74) is 0.0967. The predicted octanol–water partition coefficient (Wildman–Crippen LogP) is 3.93. The maximum Gasteiger partial charge on any atom is 0.418 e. The summed E-state index contributed by atoms with van der Waals surface area (Å²) >= 11 is 0. The number of nitrogens with one attached hydrogen (secondary N) is 1. The van der Waals surface area contributed by atoms with Gasteiger partial charge in [0.2, 0.25) is 5.91 Å². The molecule has 0 spiro atoms. The zero-order chi connectivity index (χ0) is 26.3. The van der Waals surface area contributed by atoms with Crippen molar-refractivity contribution in [1.82, 2.24) is 29.0 Å². The third kappa shape index (κ3) is 4.56. The number of pyridine rings is 1. The summed E-state index contributed by atoms with van der Waals surface area (Å²) in [4.78, 5) is 25.1. The molecule has 3 heterocycles. The molecule has 192 valence electrons. The van der Waals surface area contributed by atoms with Crippen molar-refractivity contribution in [2.75, 3.05) is 7.05 Å². The Morgan fingerprint density at radius 3 is 2.65 bits per heavy atom. The van der Waals surface area contributed by atoms with Gasteiger partial charge in [0, 0.05) is 38.5 Å². The standard InChI is InChI=1S/C26H25F3N6O2/c1-30-22(36)9-8-16-11-18(23(17-5-3-6-17)24-32-31-15-33(24)2)13-19(12-16)35-14-21-20(26(27,28)29)7-4-10-34(21)25(35)37/h4,7-15,17,23H,3,5-6H2,1-2H3,(H,30,36)/b9-8+. The maximum atomic E-state index is 13.6. The number of imidazole rings is 1. The maximum absolute atomic E-state index is 13.6. The average Bonchev–Trinajstić information content (AvgIpc) is 3.41. The summed E-state index contributed by atoms with van der Waals surface area (Å²) in [5.74, 6) is 0.622. The summed E-state index contributed by atoms with van der Waals surface area (Å²) in [6.45, 7) is 0. The molecule has 8 nitrogen and oxygen atoms in total. The fourth-order valence-electron chi connectivity index (χ4n) is 4.85. The first-order valence-electron chi connectivity index (χ1n) is 11.9. The van der Waals surface area contributed by atoms with Crippen molar-refractivity contribution >= 4 is 17.5 Å². The number of carbonyl (C=O) groups excluding carboxylic acids is 1. The molecule has 1 fully saturated rings. The second-order valence-electron chi connectivity index (χ2n) is 9.23. The second-order valence-corrected chi connectivity index (χ2v) is 9.23. The first-order valence-corrected chi connectivity index (χ1v) is 11.9. The normalized spacial score (nSPS) is 15.3. The lowest BCUT2D eigenvalue weighted by Crippen LogP contribution is -2.24. The van der Waals surface area contributed by atoms with Crippen molar-refractivity contribution in [2.24, 2.45) is 13.0 Å². The smallest absolute Gasteiger partial charge is 0.356 e. The molecule has 0 bridgehead atoms. The Balaban J connectivity index is 1.72. The number of amides is 1. The van der Waals surface area contributed by atoms with E-state index in [-0.39, 0.29) is 17.3 Å². The number of hydrogen-bond donors (Lipinski definition) is 1. The van der Waals surface area contributed by atoms with E-state index >= 15 is 0 Å². The van der Waals surface area contributed by atoms with Gasteiger partial charge in [-0.05, 0) is 60.2 Å². The SMILES string of the molecule is CNC(=O)/C=C/c1cc(C(c2nncn2C)C2CCC2)cc(-n2cc3c(C(F)(F)F)cccn3c2=O)c1. The number of alkyl halides is 3. The Labute approximate surface area is 210 Å². The van der Waals surface area contributed by atoms with Crippen molar-refractivity contribution in [3.63, 3.8) is 0 Å². The minimum Gasteiger partial charge on any atom is -0.356 e. The van der Waals surface area contributed by atoms with Crippen LogP contribution in [0.25, 0.3) is 17.3 Å². The molecule has 37 heavy (non-hydrogen) atoms. The van der Waals surface area contributed by atoms with Crippen LogP contribution in [0.15, 0.2) is 59.9 Å². The largest absolute Gasteiger partial charge is 0.418 e. The van der Waals surface area contributed by atoms with E-state index in [1.54, 1.807) is 18.5 Å². The van der Waals surface area contributed by atoms with E-state index in [0.717, 1.165) is 41.1 Å². The Bertz CT molecular complexity index is 1560. The summed E-state index contributed by atoms with van der Waals surface area (Å²) < 4.78 is 45.0. The highest BCUT2D eigenvalue weighted by Crippen LogP contribution is 2.43. The van der Waals surface area contributed by atoms with Crippen LogP contribution in [0.2, 0.25) is 0 Å². The fourth-order valence-corrected chi connectivity index (χ4v) is 4.85. The van der Waals surface area contributed by atoms with Gasteiger partial charge in [0.05, 0.1) is 16.8 Å². The molecule has 0 radical (unpaired) electrons. The molecule has 1 unspecified atom stereocenters. The van der Waals surface area contributed by atoms with E-state index in [2.05, 4.69) is 15.5 Å². The van der Waals surface area contributed by atoms with E-state index in [0.29, 0.717) is 17.2 Å². The molecule has 1 aliphatic carbocycles. The first kappa shape index (κ1) is 24.5. The number of likely N-dealkylation sites (N-methyl/N-ethyl adjacent to an activating group) is 1. The van der Waals surface area contributed by atoms with Crippen molar-refractivity contribution < 1.29 is 18.0 Å². The molecule has 0 saturated heterocycles. The Morgan fingerprint density at radius 1 is 1.24 bits per heavy atom. The van der Waals surface area contributed by atoms with Crippen LogP contribution in [-0.4, -0.2) is 36.7 Å². The van der Waals surface area contributed by atoms with Crippen molar-refractivity contribution in [3.8, 4) is 5.69 Å². The third-order valence-corrected chi connectivity index (χ3v) is 6.92. The lowest BCUT2D eigenvalue weighted by Gasteiger charge is -2.33. The molecule has 1 aromatic carbocycles. The van der Waals surface area contributed by atoms with E-state index in [4.69, 9.17) is 0 Å². The molecule has 1 N–H and O–H groups in total. The van der Waals surface area contributed by atoms with Crippen LogP contribution in [0.1, 0.15) is 47.7 Å². The van der Waals surface area contributed by atoms with E-state index in [1.807, 2.05) is 23.7 Å². The number of aryl methyl sites for hydroxylation is 1. The van der Waals surface area contributed by atoms with Crippen LogP contribution in [0, 0.1) is 5.92 Å². The van der Waals surface area contributed by atoms with Gasteiger partial charge in [-0.25, -0.2) is 4.79 Å².